The lowest BCUT2D eigenvalue weighted by Gasteiger charge is -2.24. The first-order valence-electron chi connectivity index (χ1n) is 7.90. The molecule has 136 valence electrons. The number of ether oxygens (including phenoxy) is 1. The third kappa shape index (κ3) is 3.24. The van der Waals surface area contributed by atoms with Gasteiger partial charge in [-0.25, -0.2) is 4.79 Å². The summed E-state index contributed by atoms with van der Waals surface area (Å²) in [5, 5.41) is 6.14. The smallest absolute Gasteiger partial charge is 0.416 e. The predicted molar refractivity (Wildman–Crippen MR) is 92.6 cm³/mol. The van der Waals surface area contributed by atoms with E-state index >= 15 is 0 Å². The molecule has 0 bridgehead atoms. The molecule has 0 amide bonds. The Hall–Kier alpha value is -2.96. The number of esters is 1. The molecule has 2 aromatic carbocycles. The Balaban J connectivity index is 2.23. The van der Waals surface area contributed by atoms with Crippen molar-refractivity contribution in [3.63, 3.8) is 0 Å². The van der Waals surface area contributed by atoms with Crippen LogP contribution in [0.25, 0.3) is 0 Å². The second-order valence-corrected chi connectivity index (χ2v) is 5.86. The zero-order valence-corrected chi connectivity index (χ0v) is 14.1. The van der Waals surface area contributed by atoms with Crippen LogP contribution in [0.1, 0.15) is 24.1 Å². The number of benzene rings is 2. The van der Waals surface area contributed by atoms with E-state index < -0.39 is 23.8 Å². The van der Waals surface area contributed by atoms with Crippen molar-refractivity contribution in [2.24, 2.45) is 0 Å². The minimum absolute atomic E-state index is 0.0433. The van der Waals surface area contributed by atoms with E-state index in [2.05, 4.69) is 10.6 Å². The standard InChI is InChI=1S/C19H17F3N2O2/c1-11-16(18(25)26-2)17(24-15-10-6-5-9-14(15)23-11)12-7-3-4-8-13(12)19(20,21)22/h3-10,17,23-24H,1-2H3. The molecule has 1 heterocycles. The van der Waals surface area contributed by atoms with Crippen LogP contribution in [0.2, 0.25) is 0 Å². The average molecular weight is 362 g/mol. The van der Waals surface area contributed by atoms with Gasteiger partial charge in [0, 0.05) is 5.70 Å². The molecule has 0 spiro atoms. The molecule has 3 rings (SSSR count). The van der Waals surface area contributed by atoms with Gasteiger partial charge in [-0.15, -0.1) is 0 Å². The summed E-state index contributed by atoms with van der Waals surface area (Å²) in [4.78, 5) is 12.4. The molecule has 0 radical (unpaired) electrons. The van der Waals surface area contributed by atoms with E-state index in [4.69, 9.17) is 4.74 Å². The van der Waals surface area contributed by atoms with E-state index in [9.17, 15) is 18.0 Å². The number of hydrogen-bond donors (Lipinski definition) is 2. The zero-order valence-electron chi connectivity index (χ0n) is 14.1. The number of methoxy groups -OCH3 is 1. The fraction of sp³-hybridized carbons (Fsp3) is 0.211. The number of halogens is 3. The molecule has 26 heavy (non-hydrogen) atoms. The Labute approximate surface area is 148 Å². The Morgan fingerprint density at radius 2 is 1.65 bits per heavy atom. The molecular weight excluding hydrogens is 345 g/mol. The van der Waals surface area contributed by atoms with Crippen LogP contribution in [-0.4, -0.2) is 13.1 Å². The molecule has 0 fully saturated rings. The summed E-state index contributed by atoms with van der Waals surface area (Å²) < 4.78 is 45.4. The molecule has 0 saturated heterocycles. The van der Waals surface area contributed by atoms with Crippen molar-refractivity contribution >= 4 is 17.3 Å². The molecule has 0 saturated carbocycles. The number of fused-ring (bicyclic) bond motifs is 1. The van der Waals surface area contributed by atoms with Crippen LogP contribution >= 0.6 is 0 Å². The SMILES string of the molecule is COC(=O)C1=C(C)Nc2ccccc2NC1c1ccccc1C(F)(F)F. The summed E-state index contributed by atoms with van der Waals surface area (Å²) in [6.45, 7) is 1.64. The maximum Gasteiger partial charge on any atom is 0.416 e. The maximum absolute atomic E-state index is 13.5. The number of alkyl halides is 3. The molecule has 2 aromatic rings. The first-order valence-corrected chi connectivity index (χ1v) is 7.90. The van der Waals surface area contributed by atoms with Gasteiger partial charge in [0.2, 0.25) is 0 Å². The lowest BCUT2D eigenvalue weighted by Crippen LogP contribution is -2.24. The normalized spacial score (nSPS) is 16.9. The third-order valence-corrected chi connectivity index (χ3v) is 4.22. The zero-order chi connectivity index (χ0) is 18.9. The van der Waals surface area contributed by atoms with Crippen molar-refractivity contribution in [2.45, 2.75) is 19.1 Å². The van der Waals surface area contributed by atoms with Crippen molar-refractivity contribution in [2.75, 3.05) is 17.7 Å². The van der Waals surface area contributed by atoms with Crippen LogP contribution in [0.15, 0.2) is 59.8 Å². The van der Waals surface area contributed by atoms with Gasteiger partial charge in [-0.3, -0.25) is 0 Å². The molecule has 4 nitrogen and oxygen atoms in total. The third-order valence-electron chi connectivity index (χ3n) is 4.22. The Bertz CT molecular complexity index is 875. The highest BCUT2D eigenvalue weighted by molar-refractivity contribution is 5.94. The van der Waals surface area contributed by atoms with Gasteiger partial charge >= 0.3 is 12.1 Å². The number of allylic oxidation sites excluding steroid dienone is 1. The summed E-state index contributed by atoms with van der Waals surface area (Å²) in [5.41, 5.74) is 0.937. The van der Waals surface area contributed by atoms with Crippen LogP contribution in [0.5, 0.6) is 0 Å². The molecule has 1 atom stereocenters. The van der Waals surface area contributed by atoms with Crippen LogP contribution in [-0.2, 0) is 15.7 Å². The largest absolute Gasteiger partial charge is 0.466 e. The van der Waals surface area contributed by atoms with E-state index in [1.165, 1.54) is 25.3 Å². The van der Waals surface area contributed by atoms with Gasteiger partial charge in [0.1, 0.15) is 0 Å². The predicted octanol–water partition coefficient (Wildman–Crippen LogP) is 4.73. The summed E-state index contributed by atoms with van der Waals surface area (Å²) in [6.07, 6.45) is -4.55. The van der Waals surface area contributed by atoms with Crippen molar-refractivity contribution < 1.29 is 22.7 Å². The van der Waals surface area contributed by atoms with Gasteiger partial charge in [-0.1, -0.05) is 30.3 Å². The fourth-order valence-corrected chi connectivity index (χ4v) is 3.05. The van der Waals surface area contributed by atoms with E-state index in [1.807, 2.05) is 0 Å². The number of para-hydroxylation sites is 2. The Morgan fingerprint density at radius 1 is 1.04 bits per heavy atom. The highest BCUT2D eigenvalue weighted by Crippen LogP contribution is 2.41. The molecule has 1 unspecified atom stereocenters. The minimum Gasteiger partial charge on any atom is -0.466 e. The Kier molecular flexibility index (Phi) is 4.63. The monoisotopic (exact) mass is 362 g/mol. The summed E-state index contributed by atoms with van der Waals surface area (Å²) in [6, 6.07) is 11.3. The van der Waals surface area contributed by atoms with Crippen LogP contribution in [0.3, 0.4) is 0 Å². The number of anilines is 2. The van der Waals surface area contributed by atoms with Gasteiger partial charge in [0.15, 0.2) is 0 Å². The van der Waals surface area contributed by atoms with Gasteiger partial charge in [0.25, 0.3) is 0 Å². The summed E-state index contributed by atoms with van der Waals surface area (Å²) >= 11 is 0. The maximum atomic E-state index is 13.5. The van der Waals surface area contributed by atoms with E-state index in [0.717, 1.165) is 6.07 Å². The number of hydrogen-bond acceptors (Lipinski definition) is 4. The van der Waals surface area contributed by atoms with Gasteiger partial charge in [0.05, 0.1) is 35.7 Å². The van der Waals surface area contributed by atoms with Gasteiger partial charge in [-0.05, 0) is 30.7 Å². The van der Waals surface area contributed by atoms with Crippen molar-refractivity contribution in [3.05, 3.63) is 70.9 Å². The van der Waals surface area contributed by atoms with Gasteiger partial charge < -0.3 is 15.4 Å². The van der Waals surface area contributed by atoms with Crippen LogP contribution in [0, 0.1) is 0 Å². The van der Waals surface area contributed by atoms with Crippen molar-refractivity contribution in [1.29, 1.82) is 0 Å². The van der Waals surface area contributed by atoms with Gasteiger partial charge in [-0.2, -0.15) is 13.2 Å². The minimum atomic E-state index is -4.55. The highest BCUT2D eigenvalue weighted by atomic mass is 19.4. The van der Waals surface area contributed by atoms with E-state index in [1.54, 1.807) is 31.2 Å². The lowest BCUT2D eigenvalue weighted by molar-refractivity contribution is -0.139. The molecule has 1 aliphatic rings. The average Bonchev–Trinajstić information content (AvgIpc) is 2.76. The quantitative estimate of drug-likeness (QED) is 0.759. The van der Waals surface area contributed by atoms with Crippen LogP contribution in [0.4, 0.5) is 24.5 Å². The number of carbonyl (C=O) groups is 1. The number of carbonyl (C=O) groups excluding carboxylic acids is 1. The second-order valence-electron chi connectivity index (χ2n) is 5.86. The molecule has 0 aliphatic carbocycles. The topological polar surface area (TPSA) is 50.4 Å². The highest BCUT2D eigenvalue weighted by Gasteiger charge is 2.38. The molecule has 2 N–H and O–H groups in total. The van der Waals surface area contributed by atoms with Crippen molar-refractivity contribution in [1.82, 2.24) is 0 Å². The summed E-state index contributed by atoms with van der Waals surface area (Å²) in [5.74, 6) is -0.697. The Morgan fingerprint density at radius 3 is 2.31 bits per heavy atom. The summed E-state index contributed by atoms with van der Waals surface area (Å²) in [7, 11) is 1.20. The first kappa shape index (κ1) is 17.8. The first-order chi connectivity index (χ1) is 12.3. The van der Waals surface area contributed by atoms with E-state index in [-0.39, 0.29) is 11.1 Å². The second kappa shape index (κ2) is 6.74. The number of nitrogens with one attached hydrogen (secondary N) is 2. The fourth-order valence-electron chi connectivity index (χ4n) is 3.05. The lowest BCUT2D eigenvalue weighted by atomic mass is 9.92. The molecular formula is C19H17F3N2O2. The molecule has 0 aromatic heterocycles. The number of rotatable bonds is 2. The molecule has 7 heteroatoms. The molecule has 1 aliphatic heterocycles. The van der Waals surface area contributed by atoms with Crippen LogP contribution < -0.4 is 10.6 Å². The van der Waals surface area contributed by atoms with E-state index in [0.29, 0.717) is 17.1 Å². The van der Waals surface area contributed by atoms with Crippen molar-refractivity contribution in [3.8, 4) is 0 Å².